The van der Waals surface area contributed by atoms with Crippen LogP contribution < -0.4 is 4.73 Å². The van der Waals surface area contributed by atoms with Crippen LogP contribution in [0.25, 0.3) is 0 Å². The molecule has 0 saturated heterocycles. The summed E-state index contributed by atoms with van der Waals surface area (Å²) in [5.41, 5.74) is 0. The number of aromatic nitrogens is 2. The van der Waals surface area contributed by atoms with Gasteiger partial charge in [-0.05, 0) is 0 Å². The largest absolute Gasteiger partial charge is 0.711 e. The maximum Gasteiger partial charge on any atom is 0.289 e. The molecule has 1 aromatic heterocycles. The Balaban J connectivity index is 0. The van der Waals surface area contributed by atoms with Crippen molar-refractivity contribution in [1.29, 1.82) is 0 Å². The van der Waals surface area contributed by atoms with Crippen molar-refractivity contribution in [2.45, 2.75) is 0 Å². The molecule has 1 aromatic rings. The summed E-state index contributed by atoms with van der Waals surface area (Å²) in [5.74, 6) is 0. The molecule has 0 fully saturated rings. The molecule has 0 saturated carbocycles. The average Bonchev–Trinajstić information content (AvgIpc) is 1.69. The highest BCUT2D eigenvalue weighted by Crippen LogP contribution is 1.64. The number of hydrogen-bond acceptors (Lipinski definition) is 2. The highest BCUT2D eigenvalue weighted by Gasteiger charge is 1.75. The van der Waals surface area contributed by atoms with Gasteiger partial charge in [0, 0.05) is 6.07 Å². The quantitative estimate of drug-likeness (QED) is 0.420. The highest BCUT2D eigenvalue weighted by atomic mass is 35.5. The number of hydrogen-bond donors (Lipinski definition) is 0. The van der Waals surface area contributed by atoms with Crippen molar-refractivity contribution in [3.63, 3.8) is 0 Å². The molecule has 0 N–H and O–H groups in total. The van der Waals surface area contributed by atoms with Crippen LogP contribution in [0.5, 0.6) is 0 Å². The normalized spacial score (nSPS) is 6.67. The highest BCUT2D eigenvalue weighted by molar-refractivity contribution is 5.85. The Bertz CT molecular complexity index is 146. The van der Waals surface area contributed by atoms with Gasteiger partial charge in [-0.15, -0.1) is 24.8 Å². The van der Waals surface area contributed by atoms with Crippen LogP contribution in [0.1, 0.15) is 0 Å². The third-order valence-electron chi connectivity index (χ3n) is 0.586. The van der Waals surface area contributed by atoms with Gasteiger partial charge in [-0.1, -0.05) is 4.98 Å². The van der Waals surface area contributed by atoms with Gasteiger partial charge in [0.05, 0.1) is 6.20 Å². The lowest BCUT2D eigenvalue weighted by Gasteiger charge is -1.92. The van der Waals surface area contributed by atoms with Crippen LogP contribution in [0.3, 0.4) is 0 Å². The summed E-state index contributed by atoms with van der Waals surface area (Å²) in [7, 11) is 0. The Morgan fingerprint density at radius 2 is 2.00 bits per heavy atom. The second kappa shape index (κ2) is 5.59. The van der Waals surface area contributed by atoms with Crippen LogP contribution in [0.2, 0.25) is 0 Å². The lowest BCUT2D eigenvalue weighted by molar-refractivity contribution is -0.608. The van der Waals surface area contributed by atoms with Crippen LogP contribution in [0.4, 0.5) is 0 Å². The number of halogens is 2. The van der Waals surface area contributed by atoms with E-state index in [4.69, 9.17) is 0 Å². The fraction of sp³-hybridized carbons (Fsp3) is 0. The minimum atomic E-state index is 0. The summed E-state index contributed by atoms with van der Waals surface area (Å²) >= 11 is 0. The van der Waals surface area contributed by atoms with E-state index in [1.165, 1.54) is 12.5 Å². The first kappa shape index (κ1) is 11.3. The van der Waals surface area contributed by atoms with E-state index in [1.54, 1.807) is 12.3 Å². The Hall–Kier alpha value is -0.540. The Morgan fingerprint density at radius 1 is 1.33 bits per heavy atom. The van der Waals surface area contributed by atoms with Gasteiger partial charge < -0.3 is 5.21 Å². The molecular weight excluding hydrogens is 163 g/mol. The van der Waals surface area contributed by atoms with Crippen LogP contribution in [-0.2, 0) is 0 Å². The third-order valence-corrected chi connectivity index (χ3v) is 0.586. The van der Waals surface area contributed by atoms with Crippen molar-refractivity contribution in [1.82, 2.24) is 4.98 Å². The van der Waals surface area contributed by atoms with Gasteiger partial charge in [-0.25, -0.2) is 4.73 Å². The molecule has 52 valence electrons. The third kappa shape index (κ3) is 4.00. The van der Waals surface area contributed by atoms with Gasteiger partial charge in [-0.3, -0.25) is 0 Å². The van der Waals surface area contributed by atoms with E-state index in [9.17, 15) is 5.21 Å². The zero-order chi connectivity index (χ0) is 5.11. The molecule has 3 nitrogen and oxygen atoms in total. The van der Waals surface area contributed by atoms with Gasteiger partial charge in [0.25, 0.3) is 6.33 Å². The minimum Gasteiger partial charge on any atom is -0.711 e. The Labute approximate surface area is 65.1 Å². The fourth-order valence-corrected chi connectivity index (χ4v) is 0.316. The van der Waals surface area contributed by atoms with Gasteiger partial charge in [0.1, 0.15) is 6.20 Å². The van der Waals surface area contributed by atoms with E-state index >= 15 is 0 Å². The van der Waals surface area contributed by atoms with E-state index in [2.05, 4.69) is 4.98 Å². The lowest BCUT2D eigenvalue weighted by Crippen LogP contribution is -2.24. The standard InChI is InChI=1S/C4H4N2O.2ClH/c7-6-3-1-2-5-4-6;;/h1-4H;2*1H. The second-order valence-corrected chi connectivity index (χ2v) is 1.12. The van der Waals surface area contributed by atoms with Gasteiger partial charge in [0.2, 0.25) is 0 Å². The first-order valence-corrected chi connectivity index (χ1v) is 1.88. The lowest BCUT2D eigenvalue weighted by atomic mass is 10.7. The SMILES string of the molecule is Cl.Cl.[O-][n+]1cccnc1. The van der Waals surface area contributed by atoms with Crippen molar-refractivity contribution >= 4 is 24.8 Å². The molecule has 0 aromatic carbocycles. The molecule has 0 aliphatic rings. The van der Waals surface area contributed by atoms with Crippen LogP contribution in [-0.4, -0.2) is 4.98 Å². The monoisotopic (exact) mass is 168 g/mol. The molecule has 0 aliphatic carbocycles. The Morgan fingerprint density at radius 3 is 2.22 bits per heavy atom. The summed E-state index contributed by atoms with van der Waals surface area (Å²) in [6.45, 7) is 0. The molecule has 9 heavy (non-hydrogen) atoms. The van der Waals surface area contributed by atoms with Crippen molar-refractivity contribution in [3.05, 3.63) is 30.0 Å². The molecule has 1 heterocycles. The molecular formula is C4H6Cl2N2O. The number of nitrogens with zero attached hydrogens (tertiary/aromatic N) is 2. The van der Waals surface area contributed by atoms with Crippen LogP contribution >= 0.6 is 24.8 Å². The predicted molar refractivity (Wildman–Crippen MR) is 37.7 cm³/mol. The van der Waals surface area contributed by atoms with Gasteiger partial charge in [-0.2, -0.15) is 0 Å². The van der Waals surface area contributed by atoms with E-state index < -0.39 is 0 Å². The number of rotatable bonds is 0. The van der Waals surface area contributed by atoms with Gasteiger partial charge >= 0.3 is 0 Å². The van der Waals surface area contributed by atoms with Crippen molar-refractivity contribution in [2.75, 3.05) is 0 Å². The summed E-state index contributed by atoms with van der Waals surface area (Å²) in [6.07, 6.45) is 4.13. The Kier molecular flexibility index (Phi) is 7.01. The molecule has 0 spiro atoms. The van der Waals surface area contributed by atoms with Crippen LogP contribution in [0, 0.1) is 5.21 Å². The second-order valence-electron chi connectivity index (χ2n) is 1.12. The van der Waals surface area contributed by atoms with E-state index in [1.807, 2.05) is 0 Å². The fourth-order valence-electron chi connectivity index (χ4n) is 0.316. The first-order chi connectivity index (χ1) is 3.39. The summed E-state index contributed by atoms with van der Waals surface area (Å²) < 4.78 is 0.639. The minimum absolute atomic E-state index is 0. The molecule has 0 amide bonds. The predicted octanol–water partition coefficient (Wildman–Crippen LogP) is 0.559. The zero-order valence-corrected chi connectivity index (χ0v) is 6.06. The van der Waals surface area contributed by atoms with Crippen molar-refractivity contribution < 1.29 is 4.73 Å². The molecule has 0 aliphatic heterocycles. The maximum absolute atomic E-state index is 10.1. The molecule has 0 unspecified atom stereocenters. The molecule has 1 rings (SSSR count). The summed E-state index contributed by atoms with van der Waals surface area (Å²) in [5, 5.41) is 10.1. The maximum atomic E-state index is 10.1. The molecule has 0 atom stereocenters. The summed E-state index contributed by atoms with van der Waals surface area (Å²) in [6, 6.07) is 1.58. The van der Waals surface area contributed by atoms with Crippen LogP contribution in [0.15, 0.2) is 24.8 Å². The van der Waals surface area contributed by atoms with E-state index in [-0.39, 0.29) is 24.8 Å². The smallest absolute Gasteiger partial charge is 0.289 e. The first-order valence-electron chi connectivity index (χ1n) is 1.88. The molecule has 0 radical (unpaired) electrons. The topological polar surface area (TPSA) is 39.8 Å². The molecule has 5 heteroatoms. The van der Waals surface area contributed by atoms with E-state index in [0.717, 1.165) is 0 Å². The average molecular weight is 169 g/mol. The van der Waals surface area contributed by atoms with Gasteiger partial charge in [0.15, 0.2) is 0 Å². The van der Waals surface area contributed by atoms with E-state index in [0.29, 0.717) is 4.73 Å². The van der Waals surface area contributed by atoms with Crippen molar-refractivity contribution in [3.8, 4) is 0 Å². The zero-order valence-electron chi connectivity index (χ0n) is 4.43. The summed E-state index contributed by atoms with van der Waals surface area (Å²) in [4.78, 5) is 3.53. The van der Waals surface area contributed by atoms with Crippen molar-refractivity contribution in [2.24, 2.45) is 0 Å². The molecule has 0 bridgehead atoms.